The molecule has 0 N–H and O–H groups in total. The van der Waals surface area contributed by atoms with E-state index in [4.69, 9.17) is 4.74 Å². The highest BCUT2D eigenvalue weighted by molar-refractivity contribution is 5.80. The molecule has 4 aliphatic rings. The number of fused-ring (bicyclic) bond motifs is 5. The van der Waals surface area contributed by atoms with Gasteiger partial charge in [0.15, 0.2) is 0 Å². The fourth-order valence-corrected chi connectivity index (χ4v) is 8.34. The molecule has 3 nitrogen and oxygen atoms in total. The smallest absolute Gasteiger partial charge is 0.302 e. The summed E-state index contributed by atoms with van der Waals surface area (Å²) in [5.41, 5.74) is 2.00. The SMILES string of the molecule is CC[C@@H]1C[C@@H]2[C@@H]3CC=C4C[C@H](OC(C)=O)CC[C@]4(C)[C@@H]3CC[C@]2(C)[C@@H]1C(C)=O. The molecule has 3 heteroatoms. The lowest BCUT2D eigenvalue weighted by atomic mass is 9.47. The highest BCUT2D eigenvalue weighted by Gasteiger charge is 2.61. The van der Waals surface area contributed by atoms with Gasteiger partial charge in [-0.15, -0.1) is 0 Å². The van der Waals surface area contributed by atoms with Crippen LogP contribution in [-0.4, -0.2) is 17.9 Å². The van der Waals surface area contributed by atoms with Crippen molar-refractivity contribution >= 4 is 11.8 Å². The summed E-state index contributed by atoms with van der Waals surface area (Å²) in [4.78, 5) is 24.0. The lowest BCUT2D eigenvalue weighted by Gasteiger charge is -2.58. The van der Waals surface area contributed by atoms with E-state index in [9.17, 15) is 9.59 Å². The third-order valence-corrected chi connectivity index (χ3v) is 9.53. The van der Waals surface area contributed by atoms with Crippen LogP contribution < -0.4 is 0 Å². The molecule has 4 aliphatic carbocycles. The van der Waals surface area contributed by atoms with Crippen molar-refractivity contribution in [3.63, 3.8) is 0 Å². The quantitative estimate of drug-likeness (QED) is 0.460. The molecule has 0 amide bonds. The number of allylic oxidation sites excluding steroid dienone is 1. The number of ketones is 1. The first kappa shape index (κ1) is 20.2. The first-order valence-corrected chi connectivity index (χ1v) is 11.6. The zero-order chi connectivity index (χ0) is 20.3. The predicted molar refractivity (Wildman–Crippen MR) is 111 cm³/mol. The number of ether oxygens (including phenoxy) is 1. The van der Waals surface area contributed by atoms with Crippen LogP contribution in [0, 0.1) is 40.4 Å². The number of carbonyl (C=O) groups excluding carboxylic acids is 2. The highest BCUT2D eigenvalue weighted by Crippen LogP contribution is 2.67. The molecule has 3 fully saturated rings. The summed E-state index contributed by atoms with van der Waals surface area (Å²) in [6.07, 6.45) is 11.6. The van der Waals surface area contributed by atoms with E-state index in [0.29, 0.717) is 17.6 Å². The summed E-state index contributed by atoms with van der Waals surface area (Å²) < 4.78 is 5.56. The van der Waals surface area contributed by atoms with Gasteiger partial charge in [0.05, 0.1) is 0 Å². The average Bonchev–Trinajstić information content (AvgIpc) is 2.94. The summed E-state index contributed by atoms with van der Waals surface area (Å²) in [5, 5.41) is 0. The van der Waals surface area contributed by atoms with Gasteiger partial charge < -0.3 is 4.74 Å². The minimum absolute atomic E-state index is 0.0697. The van der Waals surface area contributed by atoms with Crippen molar-refractivity contribution in [1.82, 2.24) is 0 Å². The Bertz CT molecular complexity index is 694. The van der Waals surface area contributed by atoms with Crippen LogP contribution in [0.15, 0.2) is 11.6 Å². The third-order valence-electron chi connectivity index (χ3n) is 9.53. The van der Waals surface area contributed by atoms with E-state index in [1.165, 1.54) is 26.2 Å². The predicted octanol–water partition coefficient (Wildman–Crippen LogP) is 5.72. The van der Waals surface area contributed by atoms with E-state index in [-0.39, 0.29) is 28.8 Å². The second kappa shape index (κ2) is 6.99. The molecule has 156 valence electrons. The molecule has 0 radical (unpaired) electrons. The van der Waals surface area contributed by atoms with E-state index >= 15 is 0 Å². The largest absolute Gasteiger partial charge is 0.462 e. The Labute approximate surface area is 170 Å². The second-order valence-electron chi connectivity index (χ2n) is 10.8. The molecule has 0 bridgehead atoms. The third kappa shape index (κ3) is 2.91. The van der Waals surface area contributed by atoms with E-state index in [1.807, 2.05) is 6.92 Å². The van der Waals surface area contributed by atoms with E-state index in [0.717, 1.165) is 43.9 Å². The van der Waals surface area contributed by atoms with Gasteiger partial charge in [0.1, 0.15) is 11.9 Å². The zero-order valence-electron chi connectivity index (χ0n) is 18.4. The van der Waals surface area contributed by atoms with Crippen LogP contribution in [0.2, 0.25) is 0 Å². The van der Waals surface area contributed by atoms with Crippen LogP contribution in [0.1, 0.15) is 86.0 Å². The maximum atomic E-state index is 12.6. The van der Waals surface area contributed by atoms with Gasteiger partial charge in [0.2, 0.25) is 0 Å². The molecule has 3 saturated carbocycles. The van der Waals surface area contributed by atoms with Gasteiger partial charge in [-0.1, -0.05) is 38.8 Å². The molecule has 28 heavy (non-hydrogen) atoms. The Balaban J connectivity index is 1.61. The molecular formula is C25H38O3. The average molecular weight is 387 g/mol. The summed E-state index contributed by atoms with van der Waals surface area (Å²) in [6.45, 7) is 10.6. The maximum absolute atomic E-state index is 12.6. The maximum Gasteiger partial charge on any atom is 0.302 e. The van der Waals surface area contributed by atoms with Gasteiger partial charge in [-0.2, -0.15) is 0 Å². The van der Waals surface area contributed by atoms with Gasteiger partial charge in [-0.3, -0.25) is 9.59 Å². The molecule has 0 aromatic carbocycles. The number of Topliss-reactive ketones (excluding diaryl/α,β-unsaturated/α-hetero) is 1. The Morgan fingerprint density at radius 3 is 2.54 bits per heavy atom. The lowest BCUT2D eigenvalue weighted by molar-refractivity contribution is -0.149. The van der Waals surface area contributed by atoms with Crippen molar-refractivity contribution < 1.29 is 14.3 Å². The van der Waals surface area contributed by atoms with Crippen molar-refractivity contribution in [2.45, 2.75) is 92.1 Å². The van der Waals surface area contributed by atoms with Crippen LogP contribution in [0.4, 0.5) is 0 Å². The standard InChI is InChI=1S/C25H38O3/c1-6-17-13-22-20-8-7-18-14-19(28-16(3)27)9-11-24(18,4)21(20)10-12-25(22,5)23(17)15(2)26/h7,17,19-23H,6,8-14H2,1-5H3/t17-,19-,20-,21-,22-,23-,24+,25+/m1/s1. The topological polar surface area (TPSA) is 43.4 Å². The molecule has 0 aliphatic heterocycles. The van der Waals surface area contributed by atoms with Crippen molar-refractivity contribution in [3.05, 3.63) is 11.6 Å². The van der Waals surface area contributed by atoms with Crippen molar-refractivity contribution in [1.29, 1.82) is 0 Å². The summed E-state index contributed by atoms with van der Waals surface area (Å²) in [5.74, 6) is 3.25. The monoisotopic (exact) mass is 386 g/mol. The molecule has 0 unspecified atom stereocenters. The van der Waals surface area contributed by atoms with Crippen molar-refractivity contribution in [3.8, 4) is 0 Å². The fraction of sp³-hybridized carbons (Fsp3) is 0.840. The molecule has 4 rings (SSSR count). The molecule has 8 atom stereocenters. The zero-order valence-corrected chi connectivity index (χ0v) is 18.4. The number of esters is 1. The second-order valence-corrected chi connectivity index (χ2v) is 10.8. The molecule has 0 saturated heterocycles. The number of hydrogen-bond acceptors (Lipinski definition) is 3. The summed E-state index contributed by atoms with van der Waals surface area (Å²) in [6, 6.07) is 0. The minimum atomic E-state index is -0.150. The minimum Gasteiger partial charge on any atom is -0.462 e. The number of rotatable bonds is 3. The molecule has 0 aromatic heterocycles. The molecule has 0 spiro atoms. The summed E-state index contributed by atoms with van der Waals surface area (Å²) in [7, 11) is 0. The summed E-state index contributed by atoms with van der Waals surface area (Å²) >= 11 is 0. The van der Waals surface area contributed by atoms with Crippen LogP contribution in [0.25, 0.3) is 0 Å². The van der Waals surface area contributed by atoms with Crippen LogP contribution in [0.5, 0.6) is 0 Å². The van der Waals surface area contributed by atoms with Crippen molar-refractivity contribution in [2.75, 3.05) is 0 Å². The van der Waals surface area contributed by atoms with Crippen LogP contribution in [-0.2, 0) is 14.3 Å². The highest BCUT2D eigenvalue weighted by atomic mass is 16.5. The lowest BCUT2D eigenvalue weighted by Crippen LogP contribution is -2.51. The van der Waals surface area contributed by atoms with Crippen LogP contribution >= 0.6 is 0 Å². The van der Waals surface area contributed by atoms with Gasteiger partial charge >= 0.3 is 5.97 Å². The Hall–Kier alpha value is -1.12. The molecule has 0 aromatic rings. The van der Waals surface area contributed by atoms with Gasteiger partial charge in [-0.25, -0.2) is 0 Å². The number of hydrogen-bond donors (Lipinski definition) is 0. The van der Waals surface area contributed by atoms with Crippen molar-refractivity contribution in [2.24, 2.45) is 40.4 Å². The Morgan fingerprint density at radius 2 is 1.89 bits per heavy atom. The number of carbonyl (C=O) groups is 2. The first-order valence-electron chi connectivity index (χ1n) is 11.6. The van der Waals surface area contributed by atoms with Gasteiger partial charge in [0.25, 0.3) is 0 Å². The first-order chi connectivity index (χ1) is 13.2. The molecular weight excluding hydrogens is 348 g/mol. The van der Waals surface area contributed by atoms with Gasteiger partial charge in [0, 0.05) is 19.3 Å². The van der Waals surface area contributed by atoms with Crippen LogP contribution in [0.3, 0.4) is 0 Å². The van der Waals surface area contributed by atoms with E-state index in [2.05, 4.69) is 26.8 Å². The van der Waals surface area contributed by atoms with Gasteiger partial charge in [-0.05, 0) is 80.0 Å². The van der Waals surface area contributed by atoms with E-state index in [1.54, 1.807) is 5.57 Å². The Kier molecular flexibility index (Phi) is 5.03. The Morgan fingerprint density at radius 1 is 1.14 bits per heavy atom. The van der Waals surface area contributed by atoms with E-state index < -0.39 is 0 Å². The normalized spacial score (nSPS) is 47.4. The molecule has 0 heterocycles. The fourth-order valence-electron chi connectivity index (χ4n) is 8.34.